The molecule has 1 aliphatic heterocycles. The van der Waals surface area contributed by atoms with Gasteiger partial charge in [-0.2, -0.15) is 5.10 Å². The zero-order valence-electron chi connectivity index (χ0n) is 14.2. The van der Waals surface area contributed by atoms with Gasteiger partial charge in [-0.25, -0.2) is 8.42 Å². The van der Waals surface area contributed by atoms with Crippen LogP contribution in [0.15, 0.2) is 30.3 Å². The molecular formula is C18H20ClN3O3S. The second-order valence-electron chi connectivity index (χ2n) is 7.00. The highest BCUT2D eigenvalue weighted by atomic mass is 35.5. The highest BCUT2D eigenvalue weighted by Crippen LogP contribution is 2.42. The normalized spacial score (nSPS) is 21.7. The fourth-order valence-electron chi connectivity index (χ4n) is 3.37. The first-order chi connectivity index (χ1) is 12.4. The van der Waals surface area contributed by atoms with Crippen LogP contribution in [0, 0.1) is 0 Å². The highest BCUT2D eigenvalue weighted by Gasteiger charge is 2.36. The molecule has 138 valence electrons. The third-order valence-electron chi connectivity index (χ3n) is 4.94. The molecule has 1 unspecified atom stereocenters. The number of nitrogens with zero attached hydrogens (tertiary/aromatic N) is 2. The van der Waals surface area contributed by atoms with Gasteiger partial charge in [-0.05, 0) is 37.0 Å². The summed E-state index contributed by atoms with van der Waals surface area (Å²) in [7, 11) is -3.00. The van der Waals surface area contributed by atoms with Crippen molar-refractivity contribution >= 4 is 27.3 Å². The lowest BCUT2D eigenvalue weighted by Gasteiger charge is -2.12. The molecule has 1 saturated carbocycles. The van der Waals surface area contributed by atoms with E-state index in [-0.39, 0.29) is 23.5 Å². The molecule has 4 rings (SSSR count). The minimum Gasteiger partial charge on any atom is -0.347 e. The van der Waals surface area contributed by atoms with Crippen LogP contribution < -0.4 is 5.32 Å². The van der Waals surface area contributed by atoms with Gasteiger partial charge in [0.15, 0.2) is 9.84 Å². The number of benzene rings is 1. The average Bonchev–Trinajstić information content (AvgIpc) is 3.25. The second kappa shape index (κ2) is 6.70. The summed E-state index contributed by atoms with van der Waals surface area (Å²) in [5.74, 6) is 0.410. The molecule has 1 aromatic carbocycles. The predicted octanol–water partition coefficient (Wildman–Crippen LogP) is 2.70. The number of nitrogens with one attached hydrogen (secondary N) is 1. The van der Waals surface area contributed by atoms with E-state index in [1.807, 2.05) is 24.3 Å². The minimum absolute atomic E-state index is 0.106. The molecule has 0 spiro atoms. The molecule has 2 aromatic rings. The maximum atomic E-state index is 12.5. The number of sulfone groups is 1. The van der Waals surface area contributed by atoms with Gasteiger partial charge in [0.25, 0.3) is 5.91 Å². The standard InChI is InChI=1S/C18H20ClN3O3S/c19-15-4-2-1-3-13(15)10-20-18(23)16-9-17(12-5-6-12)22(21-16)14-7-8-26(24,25)11-14/h1-4,9,12,14H,5-8,10-11H2,(H,20,23). The number of rotatable bonds is 5. The number of amides is 1. The van der Waals surface area contributed by atoms with E-state index in [2.05, 4.69) is 10.4 Å². The Morgan fingerprint density at radius 1 is 1.27 bits per heavy atom. The van der Waals surface area contributed by atoms with E-state index in [1.54, 1.807) is 10.7 Å². The van der Waals surface area contributed by atoms with E-state index < -0.39 is 9.84 Å². The van der Waals surface area contributed by atoms with Gasteiger partial charge in [-0.15, -0.1) is 0 Å². The van der Waals surface area contributed by atoms with Crippen LogP contribution in [0.1, 0.15) is 53.0 Å². The quantitative estimate of drug-likeness (QED) is 0.846. The Kier molecular flexibility index (Phi) is 4.52. The Hall–Kier alpha value is -1.86. The first-order valence-electron chi connectivity index (χ1n) is 8.74. The van der Waals surface area contributed by atoms with Crippen molar-refractivity contribution in [1.82, 2.24) is 15.1 Å². The second-order valence-corrected chi connectivity index (χ2v) is 9.64. The summed E-state index contributed by atoms with van der Waals surface area (Å²) in [6.07, 6.45) is 2.68. The molecule has 6 nitrogen and oxygen atoms in total. The van der Waals surface area contributed by atoms with Gasteiger partial charge in [-0.3, -0.25) is 9.48 Å². The van der Waals surface area contributed by atoms with Crippen LogP contribution in [0.3, 0.4) is 0 Å². The number of carbonyl (C=O) groups excluding carboxylic acids is 1. The number of halogens is 1. The van der Waals surface area contributed by atoms with Gasteiger partial charge < -0.3 is 5.32 Å². The molecule has 0 bridgehead atoms. The fourth-order valence-corrected chi connectivity index (χ4v) is 5.27. The van der Waals surface area contributed by atoms with E-state index in [0.29, 0.717) is 29.6 Å². The van der Waals surface area contributed by atoms with Crippen molar-refractivity contribution in [1.29, 1.82) is 0 Å². The molecule has 1 N–H and O–H groups in total. The Bertz CT molecular complexity index is 950. The summed E-state index contributed by atoms with van der Waals surface area (Å²) in [5.41, 5.74) is 2.16. The van der Waals surface area contributed by atoms with Crippen molar-refractivity contribution < 1.29 is 13.2 Å². The Balaban J connectivity index is 1.52. The zero-order chi connectivity index (χ0) is 18.3. The highest BCUT2D eigenvalue weighted by molar-refractivity contribution is 7.91. The van der Waals surface area contributed by atoms with Gasteiger partial charge in [0.2, 0.25) is 0 Å². The SMILES string of the molecule is O=C(NCc1ccccc1Cl)c1cc(C2CC2)n(C2CCS(=O)(=O)C2)n1. The molecule has 1 amide bonds. The molecule has 2 fully saturated rings. The Morgan fingerprint density at radius 3 is 2.69 bits per heavy atom. The smallest absolute Gasteiger partial charge is 0.272 e. The lowest BCUT2D eigenvalue weighted by atomic mass is 10.2. The van der Waals surface area contributed by atoms with Crippen molar-refractivity contribution in [2.45, 2.75) is 37.8 Å². The van der Waals surface area contributed by atoms with Crippen LogP contribution in [-0.2, 0) is 16.4 Å². The van der Waals surface area contributed by atoms with E-state index >= 15 is 0 Å². The Morgan fingerprint density at radius 2 is 2.04 bits per heavy atom. The van der Waals surface area contributed by atoms with Crippen LogP contribution in [0.2, 0.25) is 5.02 Å². The van der Waals surface area contributed by atoms with E-state index in [9.17, 15) is 13.2 Å². The first-order valence-corrected chi connectivity index (χ1v) is 10.9. The van der Waals surface area contributed by atoms with E-state index in [1.165, 1.54) is 0 Å². The largest absolute Gasteiger partial charge is 0.347 e. The van der Waals surface area contributed by atoms with Crippen LogP contribution in [0.25, 0.3) is 0 Å². The maximum Gasteiger partial charge on any atom is 0.272 e. The third-order valence-corrected chi connectivity index (χ3v) is 7.06. The van der Waals surface area contributed by atoms with Crippen molar-refractivity contribution in [3.8, 4) is 0 Å². The molecule has 2 heterocycles. The van der Waals surface area contributed by atoms with Gasteiger partial charge in [0.1, 0.15) is 5.69 Å². The molecule has 1 aromatic heterocycles. The van der Waals surface area contributed by atoms with E-state index in [0.717, 1.165) is 24.1 Å². The average molecular weight is 394 g/mol. The van der Waals surface area contributed by atoms with Crippen LogP contribution in [-0.4, -0.2) is 35.6 Å². The molecule has 26 heavy (non-hydrogen) atoms. The van der Waals surface area contributed by atoms with Crippen molar-refractivity contribution in [2.75, 3.05) is 11.5 Å². The summed E-state index contributed by atoms with van der Waals surface area (Å²) >= 11 is 6.12. The van der Waals surface area contributed by atoms with Crippen LogP contribution >= 0.6 is 11.6 Å². The van der Waals surface area contributed by atoms with Crippen molar-refractivity contribution in [3.63, 3.8) is 0 Å². The lowest BCUT2D eigenvalue weighted by molar-refractivity contribution is 0.0945. The predicted molar refractivity (Wildman–Crippen MR) is 99.1 cm³/mol. The summed E-state index contributed by atoms with van der Waals surface area (Å²) in [6.45, 7) is 0.321. The van der Waals surface area contributed by atoms with Gasteiger partial charge in [-0.1, -0.05) is 29.8 Å². The number of aromatic nitrogens is 2. The molecule has 1 saturated heterocycles. The molecule has 0 radical (unpaired) electrons. The van der Waals surface area contributed by atoms with Crippen LogP contribution in [0.5, 0.6) is 0 Å². The fraction of sp³-hybridized carbons (Fsp3) is 0.444. The van der Waals surface area contributed by atoms with E-state index in [4.69, 9.17) is 11.6 Å². The zero-order valence-corrected chi connectivity index (χ0v) is 15.8. The molecule has 1 aliphatic carbocycles. The van der Waals surface area contributed by atoms with Gasteiger partial charge in [0.05, 0.1) is 17.5 Å². The number of carbonyl (C=O) groups is 1. The van der Waals surface area contributed by atoms with Crippen LogP contribution in [0.4, 0.5) is 0 Å². The number of hydrogen-bond donors (Lipinski definition) is 1. The Labute approximate surface area is 157 Å². The lowest BCUT2D eigenvalue weighted by Crippen LogP contribution is -2.24. The van der Waals surface area contributed by atoms with Gasteiger partial charge >= 0.3 is 0 Å². The number of hydrogen-bond acceptors (Lipinski definition) is 4. The van der Waals surface area contributed by atoms with Crippen molar-refractivity contribution in [3.05, 3.63) is 52.3 Å². The minimum atomic E-state index is -3.00. The van der Waals surface area contributed by atoms with Crippen molar-refractivity contribution in [2.24, 2.45) is 0 Å². The summed E-state index contributed by atoms with van der Waals surface area (Å²) in [6, 6.07) is 9.00. The summed E-state index contributed by atoms with van der Waals surface area (Å²) in [5, 5.41) is 7.91. The molecule has 2 aliphatic rings. The molecule has 1 atom stereocenters. The monoisotopic (exact) mass is 393 g/mol. The first kappa shape index (κ1) is 17.5. The summed E-state index contributed by atoms with van der Waals surface area (Å²) < 4.78 is 25.4. The topological polar surface area (TPSA) is 81.1 Å². The molecule has 8 heteroatoms. The third kappa shape index (κ3) is 3.64. The van der Waals surface area contributed by atoms with Gasteiger partial charge in [0, 0.05) is 23.2 Å². The summed E-state index contributed by atoms with van der Waals surface area (Å²) in [4.78, 5) is 12.5. The maximum absolute atomic E-state index is 12.5. The molecular weight excluding hydrogens is 374 g/mol.